The predicted molar refractivity (Wildman–Crippen MR) is 82.3 cm³/mol. The third kappa shape index (κ3) is 3.32. The summed E-state index contributed by atoms with van der Waals surface area (Å²) in [5.74, 6) is 0.879. The van der Waals surface area contributed by atoms with Crippen molar-refractivity contribution in [3.63, 3.8) is 0 Å². The molecule has 0 aliphatic heterocycles. The molecule has 1 N–H and O–H groups in total. The maximum atomic E-state index is 13.2. The quantitative estimate of drug-likeness (QED) is 0.916. The minimum atomic E-state index is -0.262. The first kappa shape index (κ1) is 14.9. The summed E-state index contributed by atoms with van der Waals surface area (Å²) in [5.41, 5.74) is 0.839. The minimum Gasteiger partial charge on any atom is -0.372 e. The van der Waals surface area contributed by atoms with Crippen LogP contribution in [0.5, 0.6) is 0 Å². The van der Waals surface area contributed by atoms with E-state index in [0.717, 1.165) is 5.56 Å². The van der Waals surface area contributed by atoms with Crippen molar-refractivity contribution < 1.29 is 4.39 Å². The van der Waals surface area contributed by atoms with Crippen LogP contribution in [0.4, 0.5) is 16.0 Å². The molecule has 0 saturated carbocycles. The molecule has 0 amide bonds. The fraction of sp³-hybridized carbons (Fsp3) is 0.214. The maximum Gasteiger partial charge on any atom is 0.149 e. The highest BCUT2D eigenvalue weighted by atomic mass is 35.5. The monoisotopic (exact) mass is 313 g/mol. The van der Waals surface area contributed by atoms with E-state index in [4.69, 9.17) is 23.2 Å². The third-order valence-corrected chi connectivity index (χ3v) is 3.38. The highest BCUT2D eigenvalue weighted by Crippen LogP contribution is 2.31. The fourth-order valence-corrected chi connectivity index (χ4v) is 2.48. The normalized spacial score (nSPS) is 10.4. The molecule has 0 aliphatic carbocycles. The number of anilines is 2. The lowest BCUT2D eigenvalue weighted by atomic mass is 10.2. The van der Waals surface area contributed by atoms with E-state index < -0.39 is 0 Å². The van der Waals surface area contributed by atoms with E-state index in [2.05, 4.69) is 10.3 Å². The van der Waals surface area contributed by atoms with Gasteiger partial charge >= 0.3 is 0 Å². The van der Waals surface area contributed by atoms with Gasteiger partial charge in [-0.1, -0.05) is 35.3 Å². The molecule has 1 heterocycles. The van der Waals surface area contributed by atoms with Gasteiger partial charge in [-0.25, -0.2) is 9.37 Å². The lowest BCUT2D eigenvalue weighted by Gasteiger charge is -2.20. The van der Waals surface area contributed by atoms with E-state index in [0.29, 0.717) is 28.2 Å². The first-order chi connectivity index (χ1) is 9.51. The first-order valence-electron chi connectivity index (χ1n) is 6.00. The summed E-state index contributed by atoms with van der Waals surface area (Å²) < 4.78 is 13.2. The topological polar surface area (TPSA) is 28.2 Å². The van der Waals surface area contributed by atoms with Gasteiger partial charge in [-0.2, -0.15) is 0 Å². The molecule has 0 saturated heterocycles. The average Bonchev–Trinajstić information content (AvgIpc) is 2.38. The summed E-state index contributed by atoms with van der Waals surface area (Å²) in [7, 11) is 3.57. The second kappa shape index (κ2) is 6.29. The van der Waals surface area contributed by atoms with Crippen molar-refractivity contribution in [1.82, 2.24) is 4.98 Å². The van der Waals surface area contributed by atoms with Crippen molar-refractivity contribution >= 4 is 34.8 Å². The Hall–Kier alpha value is -1.52. The molecule has 106 valence electrons. The third-order valence-electron chi connectivity index (χ3n) is 2.82. The minimum absolute atomic E-state index is 0.262. The molecule has 0 unspecified atom stereocenters. The first-order valence-corrected chi connectivity index (χ1v) is 6.76. The second-order valence-corrected chi connectivity index (χ2v) is 5.17. The number of pyridine rings is 1. The van der Waals surface area contributed by atoms with Crippen LogP contribution in [0.15, 0.2) is 30.3 Å². The van der Waals surface area contributed by atoms with Gasteiger partial charge < -0.3 is 10.2 Å². The number of hydrogen-bond acceptors (Lipinski definition) is 3. The summed E-state index contributed by atoms with van der Waals surface area (Å²) in [6.45, 7) is 0.495. The van der Waals surface area contributed by atoms with Crippen molar-refractivity contribution in [2.75, 3.05) is 24.3 Å². The van der Waals surface area contributed by atoms with Crippen LogP contribution in [0.25, 0.3) is 0 Å². The molecule has 0 atom stereocenters. The van der Waals surface area contributed by atoms with E-state index in [1.807, 2.05) is 18.0 Å². The van der Waals surface area contributed by atoms with Crippen LogP contribution >= 0.6 is 23.2 Å². The Labute approximate surface area is 127 Å². The zero-order valence-electron chi connectivity index (χ0n) is 11.1. The Balaban J connectivity index is 2.27. The van der Waals surface area contributed by atoms with Gasteiger partial charge in [0, 0.05) is 20.6 Å². The molecule has 0 fully saturated rings. The molecule has 0 spiro atoms. The molecule has 2 aromatic rings. The zero-order valence-corrected chi connectivity index (χ0v) is 12.6. The number of rotatable bonds is 4. The number of aromatic nitrogens is 1. The largest absolute Gasteiger partial charge is 0.372 e. The van der Waals surface area contributed by atoms with E-state index in [-0.39, 0.29) is 5.82 Å². The molecule has 1 aromatic carbocycles. The Morgan fingerprint density at radius 3 is 2.65 bits per heavy atom. The van der Waals surface area contributed by atoms with Crippen molar-refractivity contribution in [2.45, 2.75) is 6.54 Å². The van der Waals surface area contributed by atoms with E-state index >= 15 is 0 Å². The number of halogens is 3. The van der Waals surface area contributed by atoms with Crippen LogP contribution < -0.4 is 10.2 Å². The van der Waals surface area contributed by atoms with Crippen LogP contribution in [-0.2, 0) is 6.54 Å². The molecule has 3 nitrogen and oxygen atoms in total. The van der Waals surface area contributed by atoms with Crippen LogP contribution in [0.2, 0.25) is 10.0 Å². The van der Waals surface area contributed by atoms with Gasteiger partial charge in [0.15, 0.2) is 0 Å². The molecule has 1 aromatic heterocycles. The van der Waals surface area contributed by atoms with Gasteiger partial charge in [0.25, 0.3) is 0 Å². The summed E-state index contributed by atoms with van der Waals surface area (Å²) in [6.07, 6.45) is 0. The molecule has 0 bridgehead atoms. The van der Waals surface area contributed by atoms with Gasteiger partial charge in [-0.05, 0) is 23.8 Å². The summed E-state index contributed by atoms with van der Waals surface area (Å²) in [4.78, 5) is 6.21. The van der Waals surface area contributed by atoms with Crippen molar-refractivity contribution in [3.05, 3.63) is 51.8 Å². The van der Waals surface area contributed by atoms with Crippen molar-refractivity contribution in [3.8, 4) is 0 Å². The number of nitrogens with one attached hydrogen (secondary N) is 1. The number of benzene rings is 1. The van der Waals surface area contributed by atoms with Gasteiger partial charge in [-0.15, -0.1) is 0 Å². The highest BCUT2D eigenvalue weighted by Gasteiger charge is 2.12. The average molecular weight is 314 g/mol. The standard InChI is InChI=1S/C14H14Cl2FN3/c1-18-13-11(15)7-12(16)14(19-13)20(2)8-9-4-3-5-10(17)6-9/h3-7H,8H2,1-2H3,(H,18,19). The molecule has 0 radical (unpaired) electrons. The summed E-state index contributed by atoms with van der Waals surface area (Å²) >= 11 is 12.2. The van der Waals surface area contributed by atoms with E-state index in [1.54, 1.807) is 19.2 Å². The van der Waals surface area contributed by atoms with Gasteiger partial charge in [0.1, 0.15) is 17.5 Å². The van der Waals surface area contributed by atoms with Crippen LogP contribution in [0, 0.1) is 5.82 Å². The second-order valence-electron chi connectivity index (χ2n) is 4.36. The van der Waals surface area contributed by atoms with E-state index in [9.17, 15) is 4.39 Å². The van der Waals surface area contributed by atoms with Crippen LogP contribution in [-0.4, -0.2) is 19.1 Å². The Kier molecular flexibility index (Phi) is 4.68. The van der Waals surface area contributed by atoms with Crippen molar-refractivity contribution in [2.24, 2.45) is 0 Å². The van der Waals surface area contributed by atoms with E-state index in [1.165, 1.54) is 12.1 Å². The van der Waals surface area contributed by atoms with Crippen LogP contribution in [0.3, 0.4) is 0 Å². The Bertz CT molecular complexity index is 619. The van der Waals surface area contributed by atoms with Gasteiger partial charge in [-0.3, -0.25) is 0 Å². The Morgan fingerprint density at radius 2 is 2.00 bits per heavy atom. The molecule has 6 heteroatoms. The van der Waals surface area contributed by atoms with Crippen molar-refractivity contribution in [1.29, 1.82) is 0 Å². The number of hydrogen-bond donors (Lipinski definition) is 1. The van der Waals surface area contributed by atoms with Gasteiger partial charge in [0.05, 0.1) is 10.0 Å². The lowest BCUT2D eigenvalue weighted by molar-refractivity contribution is 0.625. The summed E-state index contributed by atoms with van der Waals surface area (Å²) in [5, 5.41) is 3.81. The number of nitrogens with zero attached hydrogens (tertiary/aromatic N) is 2. The maximum absolute atomic E-state index is 13.2. The highest BCUT2D eigenvalue weighted by molar-refractivity contribution is 6.37. The summed E-state index contributed by atoms with van der Waals surface area (Å²) in [6, 6.07) is 8.06. The van der Waals surface area contributed by atoms with Gasteiger partial charge in [0.2, 0.25) is 0 Å². The molecule has 0 aliphatic rings. The molecular weight excluding hydrogens is 300 g/mol. The zero-order chi connectivity index (χ0) is 14.7. The Morgan fingerprint density at radius 1 is 1.25 bits per heavy atom. The molecule has 20 heavy (non-hydrogen) atoms. The molecule has 2 rings (SSSR count). The molecular formula is C14H14Cl2FN3. The predicted octanol–water partition coefficient (Wildman–Crippen LogP) is 4.21. The SMILES string of the molecule is CNc1nc(N(C)Cc2cccc(F)c2)c(Cl)cc1Cl. The fourth-order valence-electron chi connectivity index (χ4n) is 1.88. The van der Waals surface area contributed by atoms with Crippen LogP contribution in [0.1, 0.15) is 5.56 Å². The smallest absolute Gasteiger partial charge is 0.149 e. The lowest BCUT2D eigenvalue weighted by Crippen LogP contribution is -2.18.